The first kappa shape index (κ1) is 13.7. The molecule has 0 radical (unpaired) electrons. The third kappa shape index (κ3) is 3.38. The fraction of sp³-hybridized carbons (Fsp3) is 0.500. The summed E-state index contributed by atoms with van der Waals surface area (Å²) in [5, 5.41) is 25.2. The molecule has 104 valence electrons. The second kappa shape index (κ2) is 5.93. The second-order valence-electron chi connectivity index (χ2n) is 5.07. The molecule has 0 aromatic heterocycles. The van der Waals surface area contributed by atoms with Gasteiger partial charge in [0, 0.05) is 6.04 Å². The van der Waals surface area contributed by atoms with E-state index < -0.39 is 0 Å². The van der Waals surface area contributed by atoms with E-state index in [2.05, 4.69) is 10.6 Å². The van der Waals surface area contributed by atoms with Crippen molar-refractivity contribution in [2.45, 2.75) is 25.8 Å². The van der Waals surface area contributed by atoms with E-state index in [1.807, 2.05) is 6.92 Å². The predicted molar refractivity (Wildman–Crippen MR) is 72.3 cm³/mol. The van der Waals surface area contributed by atoms with E-state index >= 15 is 0 Å². The molecule has 0 spiro atoms. The maximum atomic E-state index is 12.1. The summed E-state index contributed by atoms with van der Waals surface area (Å²) < 4.78 is 0. The van der Waals surface area contributed by atoms with Gasteiger partial charge in [0.05, 0.1) is 5.56 Å². The average Bonchev–Trinajstić information content (AvgIpc) is 2.42. The first-order valence-electron chi connectivity index (χ1n) is 6.61. The SMILES string of the molecule is CC(NC(=O)c1cc(O)ccc1O)C1CCCNC1. The van der Waals surface area contributed by atoms with Crippen molar-refractivity contribution in [3.63, 3.8) is 0 Å². The van der Waals surface area contributed by atoms with E-state index in [4.69, 9.17) is 0 Å². The van der Waals surface area contributed by atoms with Crippen molar-refractivity contribution in [2.24, 2.45) is 5.92 Å². The quantitative estimate of drug-likeness (QED) is 0.619. The molecule has 1 saturated heterocycles. The molecule has 1 fully saturated rings. The number of hydrogen-bond donors (Lipinski definition) is 4. The van der Waals surface area contributed by atoms with Crippen LogP contribution in [0.3, 0.4) is 0 Å². The Labute approximate surface area is 112 Å². The number of carbonyl (C=O) groups is 1. The van der Waals surface area contributed by atoms with Gasteiger partial charge >= 0.3 is 0 Å². The summed E-state index contributed by atoms with van der Waals surface area (Å²) in [6.07, 6.45) is 2.20. The van der Waals surface area contributed by atoms with Crippen LogP contribution in [0.2, 0.25) is 0 Å². The molecule has 0 aliphatic carbocycles. The number of phenols is 2. The van der Waals surface area contributed by atoms with Gasteiger partial charge in [0.2, 0.25) is 0 Å². The van der Waals surface area contributed by atoms with E-state index in [9.17, 15) is 15.0 Å². The van der Waals surface area contributed by atoms with E-state index in [0.29, 0.717) is 5.92 Å². The van der Waals surface area contributed by atoms with E-state index in [1.165, 1.54) is 18.2 Å². The van der Waals surface area contributed by atoms with Crippen molar-refractivity contribution in [3.8, 4) is 11.5 Å². The Balaban J connectivity index is 2.01. The van der Waals surface area contributed by atoms with Crippen molar-refractivity contribution in [1.82, 2.24) is 10.6 Å². The first-order valence-corrected chi connectivity index (χ1v) is 6.61. The van der Waals surface area contributed by atoms with Crippen molar-refractivity contribution in [3.05, 3.63) is 23.8 Å². The van der Waals surface area contributed by atoms with Crippen molar-refractivity contribution < 1.29 is 15.0 Å². The summed E-state index contributed by atoms with van der Waals surface area (Å²) in [7, 11) is 0. The fourth-order valence-electron chi connectivity index (χ4n) is 2.41. The molecule has 19 heavy (non-hydrogen) atoms. The molecule has 1 heterocycles. The summed E-state index contributed by atoms with van der Waals surface area (Å²) in [5.41, 5.74) is 0.107. The number of aromatic hydroxyl groups is 2. The maximum absolute atomic E-state index is 12.1. The Morgan fingerprint density at radius 1 is 1.47 bits per heavy atom. The number of rotatable bonds is 3. The first-order chi connectivity index (χ1) is 9.08. The molecule has 2 rings (SSSR count). The lowest BCUT2D eigenvalue weighted by Gasteiger charge is -2.29. The van der Waals surface area contributed by atoms with Gasteiger partial charge in [0.25, 0.3) is 5.91 Å². The lowest BCUT2D eigenvalue weighted by Crippen LogP contribution is -2.44. The molecule has 5 heteroatoms. The molecule has 1 aromatic carbocycles. The molecular formula is C14H20N2O3. The smallest absolute Gasteiger partial charge is 0.255 e. The summed E-state index contributed by atoms with van der Waals surface area (Å²) in [6.45, 7) is 3.90. The van der Waals surface area contributed by atoms with Crippen LogP contribution in [0, 0.1) is 5.92 Å². The summed E-state index contributed by atoms with van der Waals surface area (Å²) in [4.78, 5) is 12.1. The minimum atomic E-state index is -0.355. The number of piperidine rings is 1. The van der Waals surface area contributed by atoms with Crippen LogP contribution in [-0.2, 0) is 0 Å². The summed E-state index contributed by atoms with van der Waals surface area (Å²) >= 11 is 0. The topological polar surface area (TPSA) is 81.6 Å². The third-order valence-electron chi connectivity index (χ3n) is 3.63. The summed E-state index contributed by atoms with van der Waals surface area (Å²) in [6, 6.07) is 3.97. The van der Waals surface area contributed by atoms with Gasteiger partial charge in [-0.3, -0.25) is 4.79 Å². The third-order valence-corrected chi connectivity index (χ3v) is 3.63. The lowest BCUT2D eigenvalue weighted by molar-refractivity contribution is 0.0919. The van der Waals surface area contributed by atoms with Gasteiger partial charge in [0.15, 0.2) is 0 Å². The molecule has 4 N–H and O–H groups in total. The zero-order valence-electron chi connectivity index (χ0n) is 11.0. The van der Waals surface area contributed by atoms with Gasteiger partial charge in [-0.15, -0.1) is 0 Å². The van der Waals surface area contributed by atoms with Crippen LogP contribution >= 0.6 is 0 Å². The van der Waals surface area contributed by atoms with Crippen LogP contribution in [0.1, 0.15) is 30.1 Å². The molecule has 0 bridgehead atoms. The number of benzene rings is 1. The largest absolute Gasteiger partial charge is 0.508 e. The monoisotopic (exact) mass is 264 g/mol. The molecule has 1 amide bonds. The highest BCUT2D eigenvalue weighted by atomic mass is 16.3. The highest BCUT2D eigenvalue weighted by Crippen LogP contribution is 2.22. The normalized spacial score (nSPS) is 20.8. The van der Waals surface area contributed by atoms with Crippen molar-refractivity contribution >= 4 is 5.91 Å². The molecule has 2 unspecified atom stereocenters. The molecule has 1 aromatic rings. The minimum absolute atomic E-state index is 0.0297. The highest BCUT2D eigenvalue weighted by Gasteiger charge is 2.22. The van der Waals surface area contributed by atoms with Gasteiger partial charge in [-0.2, -0.15) is 0 Å². The highest BCUT2D eigenvalue weighted by molar-refractivity contribution is 5.97. The van der Waals surface area contributed by atoms with Crippen LogP contribution in [0.5, 0.6) is 11.5 Å². The molecule has 1 aliphatic heterocycles. The standard InChI is InChI=1S/C14H20N2O3/c1-9(10-3-2-6-15-8-10)16-14(19)12-7-11(17)4-5-13(12)18/h4-5,7,9-10,15,17-18H,2-3,6,8H2,1H3,(H,16,19). The van der Waals surface area contributed by atoms with Gasteiger partial charge < -0.3 is 20.8 Å². The Hall–Kier alpha value is -1.75. The van der Waals surface area contributed by atoms with Crippen LogP contribution in [0.15, 0.2) is 18.2 Å². The Morgan fingerprint density at radius 3 is 2.95 bits per heavy atom. The fourth-order valence-corrected chi connectivity index (χ4v) is 2.41. The molecule has 2 atom stereocenters. The summed E-state index contributed by atoms with van der Waals surface area (Å²) in [5.74, 6) is -0.108. The Bertz CT molecular complexity index is 456. The van der Waals surface area contributed by atoms with Gasteiger partial charge in [-0.25, -0.2) is 0 Å². The van der Waals surface area contributed by atoms with Crippen molar-refractivity contribution in [2.75, 3.05) is 13.1 Å². The number of amides is 1. The van der Waals surface area contributed by atoms with E-state index in [-0.39, 0.29) is 29.0 Å². The van der Waals surface area contributed by atoms with E-state index in [0.717, 1.165) is 25.9 Å². The van der Waals surface area contributed by atoms with Crippen LogP contribution in [0.4, 0.5) is 0 Å². The van der Waals surface area contributed by atoms with Gasteiger partial charge in [-0.05, 0) is 57.0 Å². The van der Waals surface area contributed by atoms with Crippen LogP contribution < -0.4 is 10.6 Å². The zero-order chi connectivity index (χ0) is 13.8. The van der Waals surface area contributed by atoms with Crippen LogP contribution in [0.25, 0.3) is 0 Å². The number of hydrogen-bond acceptors (Lipinski definition) is 4. The van der Waals surface area contributed by atoms with Crippen LogP contribution in [-0.4, -0.2) is 35.3 Å². The lowest BCUT2D eigenvalue weighted by atomic mass is 9.92. The molecular weight excluding hydrogens is 244 g/mol. The Morgan fingerprint density at radius 2 is 2.26 bits per heavy atom. The predicted octanol–water partition coefficient (Wildman–Crippen LogP) is 1.22. The average molecular weight is 264 g/mol. The zero-order valence-corrected chi connectivity index (χ0v) is 11.0. The number of nitrogens with one attached hydrogen (secondary N) is 2. The molecule has 0 saturated carbocycles. The van der Waals surface area contributed by atoms with Gasteiger partial charge in [-0.1, -0.05) is 0 Å². The number of phenolic OH excluding ortho intramolecular Hbond substituents is 2. The maximum Gasteiger partial charge on any atom is 0.255 e. The number of carbonyl (C=O) groups excluding carboxylic acids is 1. The molecule has 1 aliphatic rings. The second-order valence-corrected chi connectivity index (χ2v) is 5.07. The van der Waals surface area contributed by atoms with Crippen molar-refractivity contribution in [1.29, 1.82) is 0 Å². The van der Waals surface area contributed by atoms with Gasteiger partial charge in [0.1, 0.15) is 11.5 Å². The Kier molecular flexibility index (Phi) is 4.27. The molecule has 5 nitrogen and oxygen atoms in total. The minimum Gasteiger partial charge on any atom is -0.508 e. The van der Waals surface area contributed by atoms with E-state index in [1.54, 1.807) is 0 Å².